The third-order valence-corrected chi connectivity index (χ3v) is 5.31. The molecule has 1 aromatic rings. The van der Waals surface area contributed by atoms with Gasteiger partial charge in [0, 0.05) is 5.75 Å². The molecule has 1 aromatic carbocycles. The fourth-order valence-electron chi connectivity index (χ4n) is 1.75. The maximum atomic E-state index is 13.1. The second-order valence-corrected chi connectivity index (χ2v) is 7.63. The molecule has 5 heteroatoms. The number of hydrogen-bond donors (Lipinski definition) is 0. The molecule has 0 bridgehead atoms. The van der Waals surface area contributed by atoms with Crippen molar-refractivity contribution in [2.24, 2.45) is 0 Å². The Balaban J connectivity index is 3.20. The Morgan fingerprint density at radius 2 is 1.63 bits per heavy atom. The summed E-state index contributed by atoms with van der Waals surface area (Å²) in [7, 11) is -3.26. The van der Waals surface area contributed by atoms with E-state index in [1.165, 1.54) is 0 Å². The molecule has 0 heterocycles. The van der Waals surface area contributed by atoms with E-state index in [2.05, 4.69) is 0 Å². The molecule has 1 rings (SSSR count). The van der Waals surface area contributed by atoms with Crippen LogP contribution >= 0.6 is 19.4 Å². The van der Waals surface area contributed by atoms with Crippen molar-refractivity contribution in [3.8, 4) is 0 Å². The highest BCUT2D eigenvalue weighted by atomic mass is 32.2. The van der Waals surface area contributed by atoms with E-state index in [1.807, 2.05) is 58.2 Å². The Labute approximate surface area is 120 Å². The molecule has 0 aliphatic carbocycles. The average Bonchev–Trinajstić information content (AvgIpc) is 2.27. The summed E-state index contributed by atoms with van der Waals surface area (Å²) in [6.07, 6.45) is 1.73. The second kappa shape index (κ2) is 7.49. The van der Waals surface area contributed by atoms with Gasteiger partial charge in [0.1, 0.15) is 0 Å². The summed E-state index contributed by atoms with van der Waals surface area (Å²) in [6, 6.07) is 7.65. The van der Waals surface area contributed by atoms with Crippen LogP contribution in [0.15, 0.2) is 24.3 Å². The van der Waals surface area contributed by atoms with E-state index in [1.54, 1.807) is 11.8 Å². The number of rotatable bonds is 7. The van der Waals surface area contributed by atoms with E-state index in [4.69, 9.17) is 9.05 Å². The lowest BCUT2D eigenvalue weighted by molar-refractivity contribution is 0.150. The first-order chi connectivity index (χ1) is 8.89. The standard InChI is InChI=1S/C14H23O3PS/c1-11(2)16-18(15,17-12(3)4)14-9-7-6-8-13(14)10-19-5/h6-9,11-12H,10H2,1-5H3. The molecule has 0 aromatic heterocycles. The second-order valence-electron chi connectivity index (χ2n) is 4.87. The maximum Gasteiger partial charge on any atom is 0.362 e. The highest BCUT2D eigenvalue weighted by Crippen LogP contribution is 2.50. The third-order valence-electron chi connectivity index (χ3n) is 2.29. The van der Waals surface area contributed by atoms with Gasteiger partial charge in [0.2, 0.25) is 0 Å². The quantitative estimate of drug-likeness (QED) is 0.707. The molecule has 3 nitrogen and oxygen atoms in total. The first kappa shape index (κ1) is 16.8. The normalized spacial score (nSPS) is 12.4. The lowest BCUT2D eigenvalue weighted by Gasteiger charge is -2.24. The summed E-state index contributed by atoms with van der Waals surface area (Å²) >= 11 is 1.69. The lowest BCUT2D eigenvalue weighted by atomic mass is 10.2. The molecule has 0 unspecified atom stereocenters. The molecule has 0 amide bonds. The molecule has 0 aliphatic heterocycles. The first-order valence-electron chi connectivity index (χ1n) is 6.43. The fourth-order valence-corrected chi connectivity index (χ4v) is 4.58. The van der Waals surface area contributed by atoms with Crippen molar-refractivity contribution in [2.45, 2.75) is 45.7 Å². The molecule has 19 heavy (non-hydrogen) atoms. The van der Waals surface area contributed by atoms with E-state index in [0.29, 0.717) is 5.30 Å². The molecular formula is C14H23O3PS. The van der Waals surface area contributed by atoms with Crippen molar-refractivity contribution in [2.75, 3.05) is 6.26 Å². The van der Waals surface area contributed by atoms with E-state index < -0.39 is 7.60 Å². The number of benzene rings is 1. The molecule has 108 valence electrons. The van der Waals surface area contributed by atoms with Gasteiger partial charge in [-0.15, -0.1) is 0 Å². The molecule has 0 N–H and O–H groups in total. The molecule has 0 aliphatic rings. The summed E-state index contributed by atoms with van der Waals surface area (Å²) < 4.78 is 24.4. The predicted molar refractivity (Wildman–Crippen MR) is 83.3 cm³/mol. The summed E-state index contributed by atoms with van der Waals surface area (Å²) in [6.45, 7) is 7.47. The summed E-state index contributed by atoms with van der Waals surface area (Å²) in [5, 5.41) is 0.687. The van der Waals surface area contributed by atoms with Crippen LogP contribution < -0.4 is 5.30 Å². The van der Waals surface area contributed by atoms with Gasteiger partial charge in [-0.3, -0.25) is 4.57 Å². The van der Waals surface area contributed by atoms with Gasteiger partial charge in [-0.1, -0.05) is 18.2 Å². The molecule has 0 spiro atoms. The van der Waals surface area contributed by atoms with Crippen LogP contribution in [0.3, 0.4) is 0 Å². The fraction of sp³-hybridized carbons (Fsp3) is 0.571. The van der Waals surface area contributed by atoms with E-state index in [9.17, 15) is 4.57 Å². The van der Waals surface area contributed by atoms with Crippen LogP contribution in [0.1, 0.15) is 33.3 Å². The van der Waals surface area contributed by atoms with Gasteiger partial charge in [-0.2, -0.15) is 11.8 Å². The van der Waals surface area contributed by atoms with Crippen molar-refractivity contribution >= 4 is 24.7 Å². The van der Waals surface area contributed by atoms with Crippen LogP contribution in [0.5, 0.6) is 0 Å². The Kier molecular flexibility index (Phi) is 6.61. The smallest absolute Gasteiger partial charge is 0.302 e. The maximum absolute atomic E-state index is 13.1. The Bertz CT molecular complexity index is 432. The highest BCUT2D eigenvalue weighted by Gasteiger charge is 2.32. The Morgan fingerprint density at radius 1 is 1.11 bits per heavy atom. The van der Waals surface area contributed by atoms with Crippen LogP contribution in [0.4, 0.5) is 0 Å². The summed E-state index contributed by atoms with van der Waals surface area (Å²) in [4.78, 5) is 0. The van der Waals surface area contributed by atoms with E-state index in [-0.39, 0.29) is 12.2 Å². The zero-order valence-electron chi connectivity index (χ0n) is 12.3. The zero-order valence-corrected chi connectivity index (χ0v) is 14.0. The molecule has 0 atom stereocenters. The minimum absolute atomic E-state index is 0.146. The Morgan fingerprint density at radius 3 is 2.11 bits per heavy atom. The van der Waals surface area contributed by atoms with Crippen LogP contribution in [-0.2, 0) is 19.4 Å². The van der Waals surface area contributed by atoms with Crippen molar-refractivity contribution in [3.05, 3.63) is 29.8 Å². The van der Waals surface area contributed by atoms with Gasteiger partial charge in [0.25, 0.3) is 0 Å². The van der Waals surface area contributed by atoms with Crippen molar-refractivity contribution in [3.63, 3.8) is 0 Å². The van der Waals surface area contributed by atoms with Gasteiger partial charge < -0.3 is 9.05 Å². The molecule has 0 radical (unpaired) electrons. The molecule has 0 saturated carbocycles. The first-order valence-corrected chi connectivity index (χ1v) is 9.37. The number of hydrogen-bond acceptors (Lipinski definition) is 4. The van der Waals surface area contributed by atoms with Gasteiger partial charge in [-0.25, -0.2) is 0 Å². The minimum Gasteiger partial charge on any atom is -0.302 e. The van der Waals surface area contributed by atoms with Crippen molar-refractivity contribution in [1.82, 2.24) is 0 Å². The molecule has 0 saturated heterocycles. The number of thioether (sulfide) groups is 1. The lowest BCUT2D eigenvalue weighted by Crippen LogP contribution is -2.19. The highest BCUT2D eigenvalue weighted by molar-refractivity contribution is 7.97. The van der Waals surface area contributed by atoms with E-state index >= 15 is 0 Å². The Hall–Kier alpha value is -0.280. The van der Waals surface area contributed by atoms with Gasteiger partial charge in [0.05, 0.1) is 17.5 Å². The predicted octanol–water partition coefficient (Wildman–Crippen LogP) is 4.22. The molecule has 0 fully saturated rings. The largest absolute Gasteiger partial charge is 0.362 e. The molecular weight excluding hydrogens is 279 g/mol. The average molecular weight is 302 g/mol. The van der Waals surface area contributed by atoms with Gasteiger partial charge in [-0.05, 0) is 45.6 Å². The monoisotopic (exact) mass is 302 g/mol. The topological polar surface area (TPSA) is 35.5 Å². The van der Waals surface area contributed by atoms with Crippen LogP contribution in [-0.4, -0.2) is 18.5 Å². The van der Waals surface area contributed by atoms with Crippen LogP contribution in [0, 0.1) is 0 Å². The minimum atomic E-state index is -3.26. The summed E-state index contributed by atoms with van der Waals surface area (Å²) in [5.74, 6) is 0.795. The van der Waals surface area contributed by atoms with Crippen LogP contribution in [0.25, 0.3) is 0 Å². The van der Waals surface area contributed by atoms with E-state index in [0.717, 1.165) is 11.3 Å². The summed E-state index contributed by atoms with van der Waals surface area (Å²) in [5.41, 5.74) is 1.01. The van der Waals surface area contributed by atoms with Gasteiger partial charge >= 0.3 is 7.60 Å². The van der Waals surface area contributed by atoms with Crippen LogP contribution in [0.2, 0.25) is 0 Å². The van der Waals surface area contributed by atoms with Gasteiger partial charge in [0.15, 0.2) is 0 Å². The zero-order chi connectivity index (χ0) is 14.5. The SMILES string of the molecule is CSCc1ccccc1P(=O)(OC(C)C)OC(C)C. The van der Waals surface area contributed by atoms with Crippen molar-refractivity contribution in [1.29, 1.82) is 0 Å². The third kappa shape index (κ3) is 4.96. The van der Waals surface area contributed by atoms with Crippen molar-refractivity contribution < 1.29 is 13.6 Å².